The Bertz CT molecular complexity index is 1190. The quantitative estimate of drug-likeness (QED) is 0.629. The number of carbonyl (C=O) groups is 1. The Kier molecular flexibility index (Phi) is 5.30. The van der Waals surface area contributed by atoms with Crippen LogP contribution in [-0.4, -0.2) is 27.9 Å². The number of hydrogen-bond acceptors (Lipinski definition) is 3. The molecule has 154 valence electrons. The zero-order chi connectivity index (χ0) is 21.3. The summed E-state index contributed by atoms with van der Waals surface area (Å²) in [5, 5.41) is 0. The fourth-order valence-electron chi connectivity index (χ4n) is 3.64. The molecule has 1 aliphatic rings. The molecule has 0 N–H and O–H groups in total. The summed E-state index contributed by atoms with van der Waals surface area (Å²) in [6.07, 6.45) is 1.77. The molecule has 3 aromatic carbocycles. The highest BCUT2D eigenvalue weighted by Gasteiger charge is 2.26. The van der Waals surface area contributed by atoms with Crippen LogP contribution in [0.15, 0.2) is 77.7 Å². The highest BCUT2D eigenvalue weighted by Crippen LogP contribution is 2.29. The number of aryl methyl sites for hydroxylation is 1. The first-order valence-corrected chi connectivity index (χ1v) is 11.1. The van der Waals surface area contributed by atoms with Gasteiger partial charge in [-0.2, -0.15) is 0 Å². The van der Waals surface area contributed by atoms with E-state index in [0.717, 1.165) is 28.4 Å². The van der Waals surface area contributed by atoms with Gasteiger partial charge >= 0.3 is 0 Å². The Morgan fingerprint density at radius 2 is 1.73 bits per heavy atom. The van der Waals surface area contributed by atoms with Crippen molar-refractivity contribution in [3.63, 3.8) is 0 Å². The summed E-state index contributed by atoms with van der Waals surface area (Å²) in [5.74, 6) is -0.678. The Hall–Kier alpha value is -3.19. The van der Waals surface area contributed by atoms with Gasteiger partial charge in [-0.1, -0.05) is 24.3 Å². The number of carbonyl (C=O) groups excluding carboxylic acids is 1. The predicted octanol–water partition coefficient (Wildman–Crippen LogP) is 4.24. The van der Waals surface area contributed by atoms with Gasteiger partial charge in [-0.25, -0.2) is 12.8 Å². The second-order valence-corrected chi connectivity index (χ2v) is 9.14. The van der Waals surface area contributed by atoms with Crippen molar-refractivity contribution in [3.8, 4) is 0 Å². The van der Waals surface area contributed by atoms with E-state index < -0.39 is 15.8 Å². The Morgan fingerprint density at radius 1 is 1.00 bits per heavy atom. The number of halogens is 1. The topological polar surface area (TPSA) is 57.7 Å². The minimum atomic E-state index is -3.91. The molecule has 30 heavy (non-hydrogen) atoms. The molecule has 0 aromatic heterocycles. The number of anilines is 2. The molecule has 0 unspecified atom stereocenters. The van der Waals surface area contributed by atoms with Crippen molar-refractivity contribution in [1.29, 1.82) is 0 Å². The second-order valence-electron chi connectivity index (χ2n) is 7.17. The summed E-state index contributed by atoms with van der Waals surface area (Å²) in [6, 6.07) is 19.0. The number of benzene rings is 3. The van der Waals surface area contributed by atoms with Crippen molar-refractivity contribution in [1.82, 2.24) is 0 Å². The zero-order valence-corrected chi connectivity index (χ0v) is 17.3. The molecular weight excluding hydrogens is 403 g/mol. The third kappa shape index (κ3) is 3.68. The van der Waals surface area contributed by atoms with Crippen LogP contribution < -0.4 is 9.21 Å². The molecular formula is C23H21FN2O3S. The lowest BCUT2D eigenvalue weighted by Crippen LogP contribution is -2.35. The number of sulfonamides is 1. The van der Waals surface area contributed by atoms with E-state index in [4.69, 9.17) is 0 Å². The van der Waals surface area contributed by atoms with E-state index >= 15 is 0 Å². The molecule has 1 amide bonds. The van der Waals surface area contributed by atoms with Crippen LogP contribution in [0.1, 0.15) is 22.3 Å². The van der Waals surface area contributed by atoms with Crippen molar-refractivity contribution in [2.24, 2.45) is 0 Å². The Labute approximate surface area is 175 Å². The lowest BCUT2D eigenvalue weighted by atomic mass is 10.0. The molecule has 1 aliphatic heterocycles. The van der Waals surface area contributed by atoms with E-state index in [1.54, 1.807) is 17.0 Å². The van der Waals surface area contributed by atoms with Crippen LogP contribution in [0.25, 0.3) is 0 Å². The third-order valence-corrected chi connectivity index (χ3v) is 7.07. The fourth-order valence-corrected chi connectivity index (χ4v) is 4.88. The van der Waals surface area contributed by atoms with E-state index in [2.05, 4.69) is 0 Å². The number of rotatable bonds is 4. The lowest BCUT2D eigenvalue weighted by Gasteiger charge is -2.29. The van der Waals surface area contributed by atoms with E-state index in [1.807, 2.05) is 24.3 Å². The molecule has 7 heteroatoms. The van der Waals surface area contributed by atoms with Crippen LogP contribution in [0.2, 0.25) is 0 Å². The zero-order valence-electron chi connectivity index (χ0n) is 16.5. The van der Waals surface area contributed by atoms with Gasteiger partial charge in [0.25, 0.3) is 15.9 Å². The molecule has 0 fully saturated rings. The number of hydrogen-bond donors (Lipinski definition) is 0. The van der Waals surface area contributed by atoms with Gasteiger partial charge in [0, 0.05) is 24.8 Å². The molecule has 0 saturated carbocycles. The Morgan fingerprint density at radius 3 is 2.50 bits per heavy atom. The van der Waals surface area contributed by atoms with Gasteiger partial charge in [-0.05, 0) is 66.9 Å². The van der Waals surface area contributed by atoms with Gasteiger partial charge in [0.05, 0.1) is 10.6 Å². The van der Waals surface area contributed by atoms with Crippen molar-refractivity contribution < 1.29 is 17.6 Å². The molecule has 0 radical (unpaired) electrons. The first-order valence-electron chi connectivity index (χ1n) is 9.62. The maximum absolute atomic E-state index is 13.2. The molecule has 0 aliphatic carbocycles. The van der Waals surface area contributed by atoms with E-state index in [-0.39, 0.29) is 10.8 Å². The van der Waals surface area contributed by atoms with E-state index in [9.17, 15) is 17.6 Å². The second kappa shape index (κ2) is 7.91. The normalized spacial score (nSPS) is 13.6. The standard InChI is InChI=1S/C23H21FN2O3S/c1-25(20-13-11-19(24)12-14-20)30(28,29)21-9-4-7-18(16-21)23(27)26-15-5-8-17-6-2-3-10-22(17)26/h2-4,6-7,9-14,16H,5,8,15H2,1H3. The minimum absolute atomic E-state index is 0.00506. The predicted molar refractivity (Wildman–Crippen MR) is 115 cm³/mol. The molecule has 4 rings (SSSR count). The van der Waals surface area contributed by atoms with Crippen LogP contribution in [-0.2, 0) is 16.4 Å². The Balaban J connectivity index is 1.66. The van der Waals surface area contributed by atoms with Gasteiger partial charge in [-0.15, -0.1) is 0 Å². The first-order chi connectivity index (χ1) is 14.4. The number of para-hydroxylation sites is 1. The molecule has 1 heterocycles. The molecule has 0 bridgehead atoms. The smallest absolute Gasteiger partial charge is 0.264 e. The monoisotopic (exact) mass is 424 g/mol. The summed E-state index contributed by atoms with van der Waals surface area (Å²) in [7, 11) is -2.51. The summed E-state index contributed by atoms with van der Waals surface area (Å²) in [4.78, 5) is 14.9. The van der Waals surface area contributed by atoms with Crippen LogP contribution in [0.4, 0.5) is 15.8 Å². The third-order valence-electron chi connectivity index (χ3n) is 5.29. The largest absolute Gasteiger partial charge is 0.308 e. The molecule has 0 saturated heterocycles. The maximum Gasteiger partial charge on any atom is 0.264 e. The van der Waals surface area contributed by atoms with Gasteiger partial charge < -0.3 is 4.90 Å². The molecule has 0 spiro atoms. The van der Waals surface area contributed by atoms with Crippen LogP contribution in [0.5, 0.6) is 0 Å². The fraction of sp³-hybridized carbons (Fsp3) is 0.174. The van der Waals surface area contributed by atoms with Crippen LogP contribution >= 0.6 is 0 Å². The first kappa shape index (κ1) is 20.1. The highest BCUT2D eigenvalue weighted by molar-refractivity contribution is 7.92. The molecule has 0 atom stereocenters. The van der Waals surface area contributed by atoms with Crippen molar-refractivity contribution in [2.45, 2.75) is 17.7 Å². The van der Waals surface area contributed by atoms with Crippen LogP contribution in [0.3, 0.4) is 0 Å². The van der Waals surface area contributed by atoms with E-state index in [0.29, 0.717) is 17.8 Å². The van der Waals surface area contributed by atoms with Crippen molar-refractivity contribution in [3.05, 3.63) is 89.7 Å². The number of nitrogens with zero attached hydrogens (tertiary/aromatic N) is 2. The highest BCUT2D eigenvalue weighted by atomic mass is 32.2. The average Bonchev–Trinajstić information content (AvgIpc) is 2.78. The summed E-state index contributed by atoms with van der Waals surface area (Å²) >= 11 is 0. The van der Waals surface area contributed by atoms with Gasteiger partial charge in [0.2, 0.25) is 0 Å². The van der Waals surface area contributed by atoms with Crippen molar-refractivity contribution >= 4 is 27.3 Å². The van der Waals surface area contributed by atoms with Crippen LogP contribution in [0, 0.1) is 5.82 Å². The van der Waals surface area contributed by atoms with Gasteiger partial charge in [0.1, 0.15) is 5.82 Å². The summed E-state index contributed by atoms with van der Waals surface area (Å²) < 4.78 is 40.4. The van der Waals surface area contributed by atoms with E-state index in [1.165, 1.54) is 43.4 Å². The van der Waals surface area contributed by atoms with Gasteiger partial charge in [0.15, 0.2) is 0 Å². The lowest BCUT2D eigenvalue weighted by molar-refractivity contribution is 0.0985. The number of fused-ring (bicyclic) bond motifs is 1. The maximum atomic E-state index is 13.2. The summed E-state index contributed by atoms with van der Waals surface area (Å²) in [6.45, 7) is 0.586. The van der Waals surface area contributed by atoms with Crippen molar-refractivity contribution in [2.75, 3.05) is 22.8 Å². The minimum Gasteiger partial charge on any atom is -0.308 e. The average molecular weight is 424 g/mol. The molecule has 3 aromatic rings. The van der Waals surface area contributed by atoms with Gasteiger partial charge in [-0.3, -0.25) is 9.10 Å². The molecule has 5 nitrogen and oxygen atoms in total. The SMILES string of the molecule is CN(c1ccc(F)cc1)S(=O)(=O)c1cccc(C(=O)N2CCCc3ccccc32)c1. The summed E-state index contributed by atoms with van der Waals surface area (Å²) in [5.41, 5.74) is 2.61. The number of amides is 1.